The second-order valence-corrected chi connectivity index (χ2v) is 3.87. The summed E-state index contributed by atoms with van der Waals surface area (Å²) in [5.41, 5.74) is -0.872. The molecule has 1 aliphatic rings. The number of halogens is 2. The minimum Gasteiger partial charge on any atom is -0.306 e. The summed E-state index contributed by atoms with van der Waals surface area (Å²) in [5.74, 6) is 0.160. The molecule has 0 aromatic heterocycles. The van der Waals surface area contributed by atoms with Gasteiger partial charge in [-0.05, 0) is 25.3 Å². The third-order valence-electron chi connectivity index (χ3n) is 3.26. The molecule has 3 heteroatoms. The Morgan fingerprint density at radius 2 is 2.15 bits per heavy atom. The fourth-order valence-corrected chi connectivity index (χ4v) is 2.60. The first-order valence-corrected chi connectivity index (χ1v) is 5.20. The zero-order valence-corrected chi connectivity index (χ0v) is 8.45. The van der Waals surface area contributed by atoms with E-state index in [1.807, 2.05) is 13.8 Å². The lowest BCUT2D eigenvalue weighted by Crippen LogP contribution is -2.53. The molecule has 0 spiro atoms. The zero-order valence-electron chi connectivity index (χ0n) is 8.45. The van der Waals surface area contributed by atoms with Crippen molar-refractivity contribution >= 4 is 0 Å². The molecule has 1 nitrogen and oxygen atoms in total. The van der Waals surface area contributed by atoms with Crippen LogP contribution in [0.3, 0.4) is 0 Å². The van der Waals surface area contributed by atoms with E-state index in [4.69, 9.17) is 0 Å². The Bertz CT molecular complexity index is 161. The zero-order chi connectivity index (χ0) is 9.90. The molecule has 0 aliphatic heterocycles. The van der Waals surface area contributed by atoms with Gasteiger partial charge in [-0.1, -0.05) is 26.7 Å². The maximum atomic E-state index is 13.0. The summed E-state index contributed by atoms with van der Waals surface area (Å²) in [4.78, 5) is 0. The number of nitrogens with one attached hydrogen (secondary N) is 1. The first-order chi connectivity index (χ1) is 6.17. The van der Waals surface area contributed by atoms with Gasteiger partial charge < -0.3 is 5.32 Å². The van der Waals surface area contributed by atoms with E-state index in [-0.39, 0.29) is 5.92 Å². The molecule has 78 valence electrons. The Morgan fingerprint density at radius 1 is 1.46 bits per heavy atom. The predicted octanol–water partition coefficient (Wildman–Crippen LogP) is 2.81. The monoisotopic (exact) mass is 191 g/mol. The highest BCUT2D eigenvalue weighted by molar-refractivity contribution is 5.00. The Labute approximate surface area is 78.9 Å². The summed E-state index contributed by atoms with van der Waals surface area (Å²) < 4.78 is 25.9. The molecule has 1 saturated carbocycles. The lowest BCUT2D eigenvalue weighted by atomic mass is 9.85. The number of rotatable bonds is 4. The topological polar surface area (TPSA) is 12.0 Å². The first-order valence-electron chi connectivity index (χ1n) is 5.20. The fraction of sp³-hybridized carbons (Fsp3) is 1.00. The molecule has 0 bridgehead atoms. The lowest BCUT2D eigenvalue weighted by Gasteiger charge is -2.35. The number of hydrogen-bond acceptors (Lipinski definition) is 1. The van der Waals surface area contributed by atoms with Gasteiger partial charge in [0.05, 0.1) is 5.54 Å². The van der Waals surface area contributed by atoms with Gasteiger partial charge in [0.15, 0.2) is 0 Å². The van der Waals surface area contributed by atoms with Gasteiger partial charge in [0, 0.05) is 0 Å². The van der Waals surface area contributed by atoms with E-state index in [0.29, 0.717) is 13.0 Å². The summed E-state index contributed by atoms with van der Waals surface area (Å²) in [6, 6.07) is 0. The van der Waals surface area contributed by atoms with Crippen molar-refractivity contribution < 1.29 is 8.78 Å². The van der Waals surface area contributed by atoms with E-state index in [9.17, 15) is 8.78 Å². The van der Waals surface area contributed by atoms with Gasteiger partial charge in [-0.3, -0.25) is 0 Å². The summed E-state index contributed by atoms with van der Waals surface area (Å²) in [6.45, 7) is 4.54. The van der Waals surface area contributed by atoms with Crippen LogP contribution < -0.4 is 5.32 Å². The fourth-order valence-electron chi connectivity index (χ4n) is 2.60. The Hall–Kier alpha value is -0.180. The quantitative estimate of drug-likeness (QED) is 0.720. The van der Waals surface area contributed by atoms with Crippen LogP contribution in [-0.4, -0.2) is 18.5 Å². The molecule has 2 unspecified atom stereocenters. The number of hydrogen-bond donors (Lipinski definition) is 1. The highest BCUT2D eigenvalue weighted by atomic mass is 19.3. The molecule has 1 N–H and O–H groups in total. The van der Waals surface area contributed by atoms with E-state index >= 15 is 0 Å². The minimum atomic E-state index is -2.22. The van der Waals surface area contributed by atoms with Crippen LogP contribution in [0, 0.1) is 5.92 Å². The standard InChI is InChI=1S/C10H19F2N/c1-3-8-6-5-7-10(8,9(11)12)13-4-2/h8-9,13H,3-7H2,1-2H3. The Morgan fingerprint density at radius 3 is 2.62 bits per heavy atom. The van der Waals surface area contributed by atoms with Crippen molar-refractivity contribution in [2.75, 3.05) is 6.54 Å². The SMILES string of the molecule is CCNC1(C(F)F)CCCC1CC. The molecule has 0 aromatic carbocycles. The highest BCUT2D eigenvalue weighted by Gasteiger charge is 2.48. The molecule has 0 amide bonds. The third-order valence-corrected chi connectivity index (χ3v) is 3.26. The van der Waals surface area contributed by atoms with Crippen LogP contribution in [0.15, 0.2) is 0 Å². The average molecular weight is 191 g/mol. The van der Waals surface area contributed by atoms with Crippen molar-refractivity contribution in [2.45, 2.75) is 51.5 Å². The average Bonchev–Trinajstić information content (AvgIpc) is 2.49. The van der Waals surface area contributed by atoms with Crippen LogP contribution in [0.2, 0.25) is 0 Å². The smallest absolute Gasteiger partial charge is 0.256 e. The molecule has 0 heterocycles. The molecule has 1 rings (SSSR count). The largest absolute Gasteiger partial charge is 0.306 e. The van der Waals surface area contributed by atoms with E-state index in [2.05, 4.69) is 5.32 Å². The summed E-state index contributed by atoms with van der Waals surface area (Å²) in [7, 11) is 0. The van der Waals surface area contributed by atoms with Gasteiger partial charge in [-0.2, -0.15) is 0 Å². The summed E-state index contributed by atoms with van der Waals surface area (Å²) in [5, 5.41) is 3.01. The lowest BCUT2D eigenvalue weighted by molar-refractivity contribution is 0.00594. The summed E-state index contributed by atoms with van der Waals surface area (Å²) >= 11 is 0. The third kappa shape index (κ3) is 1.85. The van der Waals surface area contributed by atoms with Crippen molar-refractivity contribution in [1.29, 1.82) is 0 Å². The van der Waals surface area contributed by atoms with Gasteiger partial charge in [-0.15, -0.1) is 0 Å². The van der Waals surface area contributed by atoms with Crippen LogP contribution >= 0.6 is 0 Å². The molecule has 2 atom stereocenters. The normalized spacial score (nSPS) is 34.4. The van der Waals surface area contributed by atoms with E-state index in [1.54, 1.807) is 0 Å². The van der Waals surface area contributed by atoms with Crippen molar-refractivity contribution in [1.82, 2.24) is 5.32 Å². The van der Waals surface area contributed by atoms with Gasteiger partial charge in [0.25, 0.3) is 6.43 Å². The van der Waals surface area contributed by atoms with Gasteiger partial charge >= 0.3 is 0 Å². The number of alkyl halides is 2. The molecule has 0 radical (unpaired) electrons. The van der Waals surface area contributed by atoms with Crippen molar-refractivity contribution in [3.8, 4) is 0 Å². The first kappa shape index (κ1) is 10.9. The second kappa shape index (κ2) is 4.36. The molecule has 13 heavy (non-hydrogen) atoms. The predicted molar refractivity (Wildman–Crippen MR) is 50.0 cm³/mol. The molecule has 0 saturated heterocycles. The molecular formula is C10H19F2N. The van der Waals surface area contributed by atoms with Crippen LogP contribution in [-0.2, 0) is 0 Å². The maximum Gasteiger partial charge on any atom is 0.256 e. The highest BCUT2D eigenvalue weighted by Crippen LogP contribution is 2.41. The Balaban J connectivity index is 2.75. The van der Waals surface area contributed by atoms with E-state index in [1.165, 1.54) is 0 Å². The van der Waals surface area contributed by atoms with Crippen LogP contribution in [0.25, 0.3) is 0 Å². The van der Waals surface area contributed by atoms with Gasteiger partial charge in [0.1, 0.15) is 0 Å². The molecule has 1 fully saturated rings. The Kier molecular flexibility index (Phi) is 3.65. The second-order valence-electron chi connectivity index (χ2n) is 3.87. The van der Waals surface area contributed by atoms with E-state index < -0.39 is 12.0 Å². The van der Waals surface area contributed by atoms with Crippen LogP contribution in [0.4, 0.5) is 8.78 Å². The minimum absolute atomic E-state index is 0.160. The van der Waals surface area contributed by atoms with Crippen molar-refractivity contribution in [3.63, 3.8) is 0 Å². The van der Waals surface area contributed by atoms with Crippen molar-refractivity contribution in [2.24, 2.45) is 5.92 Å². The molecule has 1 aliphatic carbocycles. The summed E-state index contributed by atoms with van der Waals surface area (Å²) in [6.07, 6.45) is 1.16. The van der Waals surface area contributed by atoms with E-state index in [0.717, 1.165) is 19.3 Å². The van der Waals surface area contributed by atoms with Gasteiger partial charge in [-0.25, -0.2) is 8.78 Å². The van der Waals surface area contributed by atoms with Gasteiger partial charge in [0.2, 0.25) is 0 Å². The van der Waals surface area contributed by atoms with Crippen LogP contribution in [0.5, 0.6) is 0 Å². The maximum absolute atomic E-state index is 13.0. The van der Waals surface area contributed by atoms with Crippen LogP contribution in [0.1, 0.15) is 39.5 Å². The molecular weight excluding hydrogens is 172 g/mol. The van der Waals surface area contributed by atoms with Crippen molar-refractivity contribution in [3.05, 3.63) is 0 Å². The molecule has 0 aromatic rings.